The molecule has 1 amide bonds. The van der Waals surface area contributed by atoms with Gasteiger partial charge in [-0.2, -0.15) is 0 Å². The van der Waals surface area contributed by atoms with Crippen molar-refractivity contribution in [2.24, 2.45) is 0 Å². The summed E-state index contributed by atoms with van der Waals surface area (Å²) in [5, 5.41) is 13.4. The molecule has 1 heterocycles. The maximum atomic E-state index is 13.3. The van der Waals surface area contributed by atoms with Crippen LogP contribution in [0.2, 0.25) is 5.02 Å². The molecule has 7 heteroatoms. The number of aromatic nitrogens is 1. The van der Waals surface area contributed by atoms with Gasteiger partial charge < -0.3 is 15.0 Å². The fourth-order valence-corrected chi connectivity index (χ4v) is 4.27. The summed E-state index contributed by atoms with van der Waals surface area (Å²) in [6.07, 6.45) is 1.78. The van der Waals surface area contributed by atoms with Crippen LogP contribution in [0.1, 0.15) is 62.1 Å². The molecule has 1 atom stereocenters. The smallest absolute Gasteiger partial charge is 0.335 e. The van der Waals surface area contributed by atoms with Crippen LogP contribution in [-0.4, -0.2) is 27.3 Å². The van der Waals surface area contributed by atoms with Crippen LogP contribution in [-0.2, 0) is 6.54 Å². The first-order valence-electron chi connectivity index (χ1n) is 10.8. The first kappa shape index (κ1) is 23.3. The Kier molecular flexibility index (Phi) is 6.52. The van der Waals surface area contributed by atoms with Crippen molar-refractivity contribution in [3.05, 3.63) is 106 Å². The molecule has 172 valence electrons. The number of benzene rings is 3. The minimum absolute atomic E-state index is 0.0840. The van der Waals surface area contributed by atoms with Gasteiger partial charge in [0.1, 0.15) is 0 Å². The van der Waals surface area contributed by atoms with Crippen LogP contribution in [0.4, 0.5) is 0 Å². The molecule has 4 aromatic rings. The number of Topliss-reactive ketones (excluding diaryl/α,β-unsaturated/α-hetero) is 1. The number of carboxylic acids is 1. The van der Waals surface area contributed by atoms with Crippen LogP contribution in [0, 0.1) is 0 Å². The van der Waals surface area contributed by atoms with Crippen LogP contribution in [0.3, 0.4) is 0 Å². The summed E-state index contributed by atoms with van der Waals surface area (Å²) in [5.41, 5.74) is 3.57. The van der Waals surface area contributed by atoms with Gasteiger partial charge in [0.05, 0.1) is 22.7 Å². The highest BCUT2D eigenvalue weighted by Gasteiger charge is 2.20. The van der Waals surface area contributed by atoms with Gasteiger partial charge >= 0.3 is 5.97 Å². The molecule has 0 saturated carbocycles. The highest BCUT2D eigenvalue weighted by Crippen LogP contribution is 2.27. The summed E-state index contributed by atoms with van der Waals surface area (Å²) in [7, 11) is 0. The number of nitrogens with one attached hydrogen (secondary N) is 1. The molecule has 0 aliphatic carbocycles. The minimum Gasteiger partial charge on any atom is -0.478 e. The van der Waals surface area contributed by atoms with E-state index in [1.165, 1.54) is 19.1 Å². The Morgan fingerprint density at radius 3 is 2.35 bits per heavy atom. The number of amides is 1. The Bertz CT molecular complexity index is 1410. The van der Waals surface area contributed by atoms with Crippen molar-refractivity contribution in [2.75, 3.05) is 0 Å². The summed E-state index contributed by atoms with van der Waals surface area (Å²) in [6.45, 7) is 3.79. The predicted molar refractivity (Wildman–Crippen MR) is 132 cm³/mol. The van der Waals surface area contributed by atoms with Crippen LogP contribution in [0.25, 0.3) is 10.9 Å². The third-order valence-corrected chi connectivity index (χ3v) is 6.00. The molecule has 0 aliphatic heterocycles. The van der Waals surface area contributed by atoms with Crippen molar-refractivity contribution >= 4 is 40.2 Å². The lowest BCUT2D eigenvalue weighted by molar-refractivity contribution is 0.0696. The maximum absolute atomic E-state index is 13.3. The van der Waals surface area contributed by atoms with Crippen molar-refractivity contribution in [1.82, 2.24) is 9.88 Å². The van der Waals surface area contributed by atoms with Crippen LogP contribution < -0.4 is 5.32 Å². The Morgan fingerprint density at radius 1 is 1.00 bits per heavy atom. The van der Waals surface area contributed by atoms with Crippen molar-refractivity contribution in [1.29, 1.82) is 0 Å². The molecule has 0 unspecified atom stereocenters. The standard InChI is InChI=1S/C27H23ClN2O4/c1-16(19-9-11-20(12-10-19)27(33)34)29-26(32)23-8-4-7-22-24(17(2)31)15-30(25(22)23)14-18-5-3-6-21(28)13-18/h3-13,15-16H,14H2,1-2H3,(H,29,32)(H,33,34)/t16-/m0/s1. The molecule has 0 fully saturated rings. The highest BCUT2D eigenvalue weighted by molar-refractivity contribution is 6.30. The number of ketones is 1. The summed E-state index contributed by atoms with van der Waals surface area (Å²) < 4.78 is 1.90. The van der Waals surface area contributed by atoms with E-state index >= 15 is 0 Å². The molecule has 1 aromatic heterocycles. The third-order valence-electron chi connectivity index (χ3n) is 5.77. The second-order valence-electron chi connectivity index (χ2n) is 8.18. The first-order chi connectivity index (χ1) is 16.2. The zero-order valence-corrected chi connectivity index (χ0v) is 19.5. The molecule has 3 aromatic carbocycles. The third kappa shape index (κ3) is 4.72. The number of rotatable bonds is 7. The van der Waals surface area contributed by atoms with Gasteiger partial charge in [0.15, 0.2) is 5.78 Å². The van der Waals surface area contributed by atoms with Gasteiger partial charge in [0, 0.05) is 28.7 Å². The van der Waals surface area contributed by atoms with E-state index in [4.69, 9.17) is 16.7 Å². The van der Waals surface area contributed by atoms with Crippen molar-refractivity contribution in [2.45, 2.75) is 26.4 Å². The molecule has 6 nitrogen and oxygen atoms in total. The summed E-state index contributed by atoms with van der Waals surface area (Å²) in [4.78, 5) is 36.8. The number of fused-ring (bicyclic) bond motifs is 1. The van der Waals surface area contributed by atoms with E-state index in [9.17, 15) is 14.4 Å². The number of nitrogens with zero attached hydrogens (tertiary/aromatic N) is 1. The van der Waals surface area contributed by atoms with Crippen molar-refractivity contribution in [3.8, 4) is 0 Å². The average molecular weight is 475 g/mol. The molecule has 34 heavy (non-hydrogen) atoms. The van der Waals surface area contributed by atoms with E-state index in [1.54, 1.807) is 36.5 Å². The van der Waals surface area contributed by atoms with E-state index in [1.807, 2.05) is 35.8 Å². The number of carbonyl (C=O) groups excluding carboxylic acids is 2. The Hall–Kier alpha value is -3.90. The first-order valence-corrected chi connectivity index (χ1v) is 11.1. The molecule has 0 saturated heterocycles. The zero-order valence-electron chi connectivity index (χ0n) is 18.7. The number of hydrogen-bond acceptors (Lipinski definition) is 3. The van der Waals surface area contributed by atoms with Gasteiger partial charge in [-0.05, 0) is 55.3 Å². The molecule has 4 rings (SSSR count). The Balaban J connectivity index is 1.70. The Morgan fingerprint density at radius 2 is 1.71 bits per heavy atom. The summed E-state index contributed by atoms with van der Waals surface area (Å²) >= 11 is 6.15. The van der Waals surface area contributed by atoms with Gasteiger partial charge in [0.2, 0.25) is 0 Å². The molecule has 2 N–H and O–H groups in total. The molecule has 0 bridgehead atoms. The van der Waals surface area contributed by atoms with Crippen molar-refractivity contribution in [3.63, 3.8) is 0 Å². The quantitative estimate of drug-likeness (QED) is 0.334. The van der Waals surface area contributed by atoms with Crippen LogP contribution in [0.15, 0.2) is 72.9 Å². The summed E-state index contributed by atoms with van der Waals surface area (Å²) in [6, 6.07) is 18.8. The van der Waals surface area contributed by atoms with Crippen LogP contribution >= 0.6 is 11.6 Å². The topological polar surface area (TPSA) is 88.4 Å². The van der Waals surface area contributed by atoms with Gasteiger partial charge in [-0.25, -0.2) is 4.79 Å². The van der Waals surface area contributed by atoms with Gasteiger partial charge in [0.25, 0.3) is 5.91 Å². The fraction of sp³-hybridized carbons (Fsp3) is 0.148. The Labute approximate surface area is 201 Å². The van der Waals surface area contributed by atoms with E-state index in [0.717, 1.165) is 11.1 Å². The van der Waals surface area contributed by atoms with E-state index < -0.39 is 5.97 Å². The largest absolute Gasteiger partial charge is 0.478 e. The molecular weight excluding hydrogens is 452 g/mol. The highest BCUT2D eigenvalue weighted by atomic mass is 35.5. The van der Waals surface area contributed by atoms with Gasteiger partial charge in [-0.15, -0.1) is 0 Å². The maximum Gasteiger partial charge on any atom is 0.335 e. The lowest BCUT2D eigenvalue weighted by Crippen LogP contribution is -2.27. The molecule has 0 spiro atoms. The number of halogens is 1. The fourth-order valence-electron chi connectivity index (χ4n) is 4.05. The average Bonchev–Trinajstić information content (AvgIpc) is 3.18. The monoisotopic (exact) mass is 474 g/mol. The number of carbonyl (C=O) groups is 3. The number of aromatic carboxylic acids is 1. The van der Waals surface area contributed by atoms with Crippen molar-refractivity contribution < 1.29 is 19.5 Å². The second-order valence-corrected chi connectivity index (χ2v) is 8.62. The van der Waals surface area contributed by atoms with E-state index in [2.05, 4.69) is 5.32 Å². The molecule has 0 radical (unpaired) electrons. The lowest BCUT2D eigenvalue weighted by Gasteiger charge is -2.16. The minimum atomic E-state index is -1.00. The van der Waals surface area contributed by atoms with Crippen LogP contribution in [0.5, 0.6) is 0 Å². The lowest BCUT2D eigenvalue weighted by atomic mass is 10.0. The summed E-state index contributed by atoms with van der Waals surface area (Å²) in [5.74, 6) is -1.38. The molecular formula is C27H23ClN2O4. The van der Waals surface area contributed by atoms with E-state index in [-0.39, 0.29) is 23.3 Å². The number of carboxylic acid groups (broad SMARTS) is 1. The second kappa shape index (κ2) is 9.53. The number of para-hydroxylation sites is 1. The van der Waals surface area contributed by atoms with Gasteiger partial charge in [-0.1, -0.05) is 48.0 Å². The SMILES string of the molecule is CC(=O)c1cn(Cc2cccc(Cl)c2)c2c(C(=O)N[C@@H](C)c3ccc(C(=O)O)cc3)cccc12. The van der Waals surface area contributed by atoms with E-state index in [0.29, 0.717) is 33.6 Å². The van der Waals surface area contributed by atoms with Gasteiger partial charge in [-0.3, -0.25) is 9.59 Å². The number of hydrogen-bond donors (Lipinski definition) is 2. The zero-order chi connectivity index (χ0) is 24.4. The normalized spacial score (nSPS) is 11.9. The molecule has 0 aliphatic rings. The predicted octanol–water partition coefficient (Wildman–Crippen LogP) is 5.73.